The van der Waals surface area contributed by atoms with Gasteiger partial charge in [0.1, 0.15) is 11.6 Å². The number of carboxylic acids is 1. The van der Waals surface area contributed by atoms with Crippen molar-refractivity contribution in [2.24, 2.45) is 0 Å². The van der Waals surface area contributed by atoms with Crippen LogP contribution in [0.5, 0.6) is 5.75 Å². The molecule has 2 heterocycles. The van der Waals surface area contributed by atoms with Crippen molar-refractivity contribution in [3.05, 3.63) is 36.2 Å². The number of aromatic nitrogens is 2. The number of aromatic carboxylic acids is 1. The Morgan fingerprint density at radius 3 is 3.19 bits per heavy atom. The smallest absolute Gasteiger partial charge is 0.335 e. The molecule has 0 fully saturated rings. The highest BCUT2D eigenvalue weighted by Gasteiger charge is 2.19. The maximum Gasteiger partial charge on any atom is 0.335 e. The van der Waals surface area contributed by atoms with Crippen molar-refractivity contribution in [1.29, 1.82) is 0 Å². The zero-order valence-corrected chi connectivity index (χ0v) is 8.25. The Morgan fingerprint density at radius 1 is 1.50 bits per heavy atom. The standard InChI is InChI=1S/C11H8N2O3/c14-11(15)7-1-2-9-8(5-7)10-12-3-4-13(10)6-16-9/h1-5H,6H2,(H,14,15). The molecule has 16 heavy (non-hydrogen) atoms. The Balaban J connectivity index is 2.22. The number of ether oxygens (including phenoxy) is 1. The SMILES string of the molecule is O=C(O)c1ccc2c(c1)-c1nccn1CO2. The van der Waals surface area contributed by atoms with Crippen LogP contribution in [0.25, 0.3) is 11.4 Å². The largest absolute Gasteiger partial charge is 0.478 e. The van der Waals surface area contributed by atoms with Gasteiger partial charge in [0, 0.05) is 12.4 Å². The van der Waals surface area contributed by atoms with Gasteiger partial charge in [-0.3, -0.25) is 4.57 Å². The van der Waals surface area contributed by atoms with Gasteiger partial charge in [-0.1, -0.05) is 0 Å². The molecule has 0 atom stereocenters. The highest BCUT2D eigenvalue weighted by molar-refractivity contribution is 5.90. The third-order valence-corrected chi connectivity index (χ3v) is 2.54. The number of carboxylic acid groups (broad SMARTS) is 1. The molecule has 0 saturated carbocycles. The van der Waals surface area contributed by atoms with Crippen LogP contribution >= 0.6 is 0 Å². The fourth-order valence-electron chi connectivity index (χ4n) is 1.76. The number of fused-ring (bicyclic) bond motifs is 3. The van der Waals surface area contributed by atoms with Crippen LogP contribution in [-0.4, -0.2) is 20.6 Å². The fraction of sp³-hybridized carbons (Fsp3) is 0.0909. The molecule has 1 aliphatic rings. The van der Waals surface area contributed by atoms with Crippen LogP contribution < -0.4 is 4.74 Å². The van der Waals surface area contributed by atoms with Crippen LogP contribution in [-0.2, 0) is 6.73 Å². The van der Waals surface area contributed by atoms with E-state index in [1.807, 2.05) is 4.57 Å². The minimum atomic E-state index is -0.952. The summed E-state index contributed by atoms with van der Waals surface area (Å²) >= 11 is 0. The van der Waals surface area contributed by atoms with Gasteiger partial charge in [0.2, 0.25) is 0 Å². The lowest BCUT2D eigenvalue weighted by Gasteiger charge is -2.19. The fourth-order valence-corrected chi connectivity index (χ4v) is 1.76. The van der Waals surface area contributed by atoms with Crippen LogP contribution in [0.4, 0.5) is 0 Å². The highest BCUT2D eigenvalue weighted by Crippen LogP contribution is 2.33. The molecule has 5 nitrogen and oxygen atoms in total. The molecule has 0 spiro atoms. The molecular weight excluding hydrogens is 208 g/mol. The van der Waals surface area contributed by atoms with Crippen LogP contribution in [0.15, 0.2) is 30.6 Å². The average Bonchev–Trinajstić information content (AvgIpc) is 2.76. The van der Waals surface area contributed by atoms with E-state index in [9.17, 15) is 4.79 Å². The van der Waals surface area contributed by atoms with Gasteiger partial charge >= 0.3 is 5.97 Å². The molecule has 5 heteroatoms. The van der Waals surface area contributed by atoms with Crippen LogP contribution in [0.2, 0.25) is 0 Å². The molecule has 0 amide bonds. The van der Waals surface area contributed by atoms with Crippen LogP contribution in [0, 0.1) is 0 Å². The van der Waals surface area contributed by atoms with Crippen molar-refractivity contribution in [3.63, 3.8) is 0 Å². The van der Waals surface area contributed by atoms with Gasteiger partial charge in [-0.05, 0) is 18.2 Å². The molecule has 3 rings (SSSR count). The lowest BCUT2D eigenvalue weighted by molar-refractivity contribution is 0.0697. The molecular formula is C11H8N2O3. The van der Waals surface area contributed by atoms with Crippen LogP contribution in [0.3, 0.4) is 0 Å². The number of hydrogen-bond donors (Lipinski definition) is 1. The average molecular weight is 216 g/mol. The molecule has 1 aromatic carbocycles. The number of nitrogens with zero attached hydrogens (tertiary/aromatic N) is 2. The lowest BCUT2D eigenvalue weighted by Crippen LogP contribution is -2.12. The summed E-state index contributed by atoms with van der Waals surface area (Å²) in [4.78, 5) is 15.1. The zero-order chi connectivity index (χ0) is 11.1. The van der Waals surface area contributed by atoms with Gasteiger partial charge in [0.05, 0.1) is 11.1 Å². The Morgan fingerprint density at radius 2 is 2.38 bits per heavy atom. The van der Waals surface area contributed by atoms with E-state index in [1.54, 1.807) is 24.5 Å². The van der Waals surface area contributed by atoms with Crippen molar-refractivity contribution in [2.45, 2.75) is 6.73 Å². The zero-order valence-electron chi connectivity index (χ0n) is 8.25. The molecule has 0 bridgehead atoms. The maximum atomic E-state index is 10.9. The Labute approximate surface area is 90.9 Å². The quantitative estimate of drug-likeness (QED) is 0.786. The number of imidazole rings is 1. The third kappa shape index (κ3) is 1.18. The molecule has 1 aromatic heterocycles. The highest BCUT2D eigenvalue weighted by atomic mass is 16.5. The van der Waals surface area contributed by atoms with Gasteiger partial charge in [-0.2, -0.15) is 0 Å². The second-order valence-corrected chi connectivity index (χ2v) is 3.51. The second-order valence-electron chi connectivity index (χ2n) is 3.51. The van der Waals surface area contributed by atoms with Gasteiger partial charge in [-0.25, -0.2) is 9.78 Å². The van der Waals surface area contributed by atoms with E-state index in [4.69, 9.17) is 9.84 Å². The van der Waals surface area contributed by atoms with E-state index in [1.165, 1.54) is 6.07 Å². The number of rotatable bonds is 1. The van der Waals surface area contributed by atoms with Crippen molar-refractivity contribution in [1.82, 2.24) is 9.55 Å². The summed E-state index contributed by atoms with van der Waals surface area (Å²) in [5, 5.41) is 8.92. The lowest BCUT2D eigenvalue weighted by atomic mass is 10.1. The van der Waals surface area contributed by atoms with Gasteiger partial charge < -0.3 is 9.84 Å². The first-order valence-corrected chi connectivity index (χ1v) is 4.77. The van der Waals surface area contributed by atoms with E-state index in [2.05, 4.69) is 4.98 Å². The maximum absolute atomic E-state index is 10.9. The molecule has 0 aliphatic carbocycles. The number of benzene rings is 1. The van der Waals surface area contributed by atoms with Gasteiger partial charge in [0.15, 0.2) is 6.73 Å². The molecule has 0 radical (unpaired) electrons. The summed E-state index contributed by atoms with van der Waals surface area (Å²) in [5.74, 6) is 0.458. The summed E-state index contributed by atoms with van der Waals surface area (Å²) in [6.45, 7) is 0.411. The summed E-state index contributed by atoms with van der Waals surface area (Å²) < 4.78 is 7.30. The first kappa shape index (κ1) is 8.96. The van der Waals surface area contributed by atoms with E-state index in [-0.39, 0.29) is 5.56 Å². The summed E-state index contributed by atoms with van der Waals surface area (Å²) in [6, 6.07) is 4.77. The third-order valence-electron chi connectivity index (χ3n) is 2.54. The van der Waals surface area contributed by atoms with Crippen LogP contribution in [0.1, 0.15) is 10.4 Å². The predicted molar refractivity (Wildman–Crippen MR) is 55.3 cm³/mol. The van der Waals surface area contributed by atoms with Crippen molar-refractivity contribution in [3.8, 4) is 17.1 Å². The van der Waals surface area contributed by atoms with Gasteiger partial charge in [0.25, 0.3) is 0 Å². The molecule has 1 N–H and O–H groups in total. The Hall–Kier alpha value is -2.30. The summed E-state index contributed by atoms with van der Waals surface area (Å²) in [7, 11) is 0. The first-order chi connectivity index (χ1) is 7.75. The monoisotopic (exact) mass is 216 g/mol. The van der Waals surface area contributed by atoms with E-state index < -0.39 is 5.97 Å². The predicted octanol–water partition coefficient (Wildman–Crippen LogP) is 1.60. The molecule has 0 saturated heterocycles. The van der Waals surface area contributed by atoms with E-state index >= 15 is 0 Å². The van der Waals surface area contributed by atoms with E-state index in [0.717, 1.165) is 11.4 Å². The number of carbonyl (C=O) groups is 1. The van der Waals surface area contributed by atoms with E-state index in [0.29, 0.717) is 12.5 Å². The van der Waals surface area contributed by atoms with Gasteiger partial charge in [-0.15, -0.1) is 0 Å². The topological polar surface area (TPSA) is 64.3 Å². The van der Waals surface area contributed by atoms with Crippen molar-refractivity contribution < 1.29 is 14.6 Å². The Bertz CT molecular complexity index is 574. The minimum Gasteiger partial charge on any atom is -0.478 e. The first-order valence-electron chi connectivity index (χ1n) is 4.77. The normalized spacial score (nSPS) is 12.5. The molecule has 80 valence electrons. The summed E-state index contributed by atoms with van der Waals surface area (Å²) in [5.41, 5.74) is 0.954. The molecule has 2 aromatic rings. The molecule has 1 aliphatic heterocycles. The Kier molecular flexibility index (Phi) is 1.73. The molecule has 0 unspecified atom stereocenters. The minimum absolute atomic E-state index is 0.235. The van der Waals surface area contributed by atoms with Crippen molar-refractivity contribution >= 4 is 5.97 Å². The second kappa shape index (κ2) is 3.10. The summed E-state index contributed by atoms with van der Waals surface area (Å²) in [6.07, 6.45) is 3.47. The van der Waals surface area contributed by atoms with Crippen molar-refractivity contribution in [2.75, 3.05) is 0 Å². The number of hydrogen-bond acceptors (Lipinski definition) is 3.